The quantitative estimate of drug-likeness (QED) is 0.840. The van der Waals surface area contributed by atoms with Gasteiger partial charge >= 0.3 is 0 Å². The van der Waals surface area contributed by atoms with Crippen LogP contribution in [0.4, 0.5) is 0 Å². The SMILES string of the molecule is CN(C(=O)c1cnccn1)C1CCCc2ccccc21. The van der Waals surface area contributed by atoms with Gasteiger partial charge in [-0.15, -0.1) is 0 Å². The molecule has 2 aromatic rings. The Morgan fingerprint density at radius 1 is 1.30 bits per heavy atom. The van der Waals surface area contributed by atoms with Gasteiger partial charge in [-0.2, -0.15) is 0 Å². The van der Waals surface area contributed by atoms with Crippen LogP contribution in [0.15, 0.2) is 42.9 Å². The second-order valence-corrected chi connectivity index (χ2v) is 5.11. The third kappa shape index (κ3) is 2.29. The summed E-state index contributed by atoms with van der Waals surface area (Å²) in [5.41, 5.74) is 3.01. The smallest absolute Gasteiger partial charge is 0.274 e. The highest BCUT2D eigenvalue weighted by molar-refractivity contribution is 5.92. The zero-order chi connectivity index (χ0) is 13.9. The number of aromatic nitrogens is 2. The average Bonchev–Trinajstić information content (AvgIpc) is 2.54. The molecule has 0 saturated heterocycles. The Bertz CT molecular complexity index is 612. The third-order valence-corrected chi connectivity index (χ3v) is 3.91. The maximum absolute atomic E-state index is 12.5. The summed E-state index contributed by atoms with van der Waals surface area (Å²) in [7, 11) is 1.85. The van der Waals surface area contributed by atoms with Crippen LogP contribution < -0.4 is 0 Å². The van der Waals surface area contributed by atoms with Crippen molar-refractivity contribution < 1.29 is 4.79 Å². The Labute approximate surface area is 118 Å². The van der Waals surface area contributed by atoms with E-state index in [4.69, 9.17) is 0 Å². The molecule has 1 unspecified atom stereocenters. The number of carbonyl (C=O) groups is 1. The number of hydrogen-bond acceptors (Lipinski definition) is 3. The average molecular weight is 267 g/mol. The molecule has 0 spiro atoms. The lowest BCUT2D eigenvalue weighted by Crippen LogP contribution is -2.33. The third-order valence-electron chi connectivity index (χ3n) is 3.91. The van der Waals surface area contributed by atoms with Crippen LogP contribution in [-0.2, 0) is 6.42 Å². The van der Waals surface area contributed by atoms with Crippen LogP contribution in [0.5, 0.6) is 0 Å². The first kappa shape index (κ1) is 12.8. The molecule has 1 atom stereocenters. The van der Waals surface area contributed by atoms with Crippen LogP contribution in [0.25, 0.3) is 0 Å². The molecule has 1 aromatic heterocycles. The molecule has 0 radical (unpaired) electrons. The van der Waals surface area contributed by atoms with Crippen LogP contribution in [0.2, 0.25) is 0 Å². The van der Waals surface area contributed by atoms with Gasteiger partial charge in [-0.25, -0.2) is 4.98 Å². The number of fused-ring (bicyclic) bond motifs is 1. The molecule has 0 saturated carbocycles. The van der Waals surface area contributed by atoms with Gasteiger partial charge in [-0.1, -0.05) is 24.3 Å². The molecule has 3 rings (SSSR count). The first-order valence-corrected chi connectivity index (χ1v) is 6.88. The van der Waals surface area contributed by atoms with Crippen LogP contribution in [-0.4, -0.2) is 27.8 Å². The summed E-state index contributed by atoms with van der Waals surface area (Å²) < 4.78 is 0. The summed E-state index contributed by atoms with van der Waals surface area (Å²) in [5, 5.41) is 0. The van der Waals surface area contributed by atoms with Crippen molar-refractivity contribution in [3.8, 4) is 0 Å². The zero-order valence-corrected chi connectivity index (χ0v) is 11.5. The number of hydrogen-bond donors (Lipinski definition) is 0. The molecule has 0 bridgehead atoms. The number of nitrogens with zero attached hydrogens (tertiary/aromatic N) is 3. The van der Waals surface area contributed by atoms with Crippen molar-refractivity contribution in [3.05, 3.63) is 59.7 Å². The fourth-order valence-electron chi connectivity index (χ4n) is 2.86. The van der Waals surface area contributed by atoms with Crippen LogP contribution >= 0.6 is 0 Å². The lowest BCUT2D eigenvalue weighted by atomic mass is 9.87. The van der Waals surface area contributed by atoms with E-state index < -0.39 is 0 Å². The van der Waals surface area contributed by atoms with Gasteiger partial charge in [0.1, 0.15) is 5.69 Å². The molecule has 4 heteroatoms. The van der Waals surface area contributed by atoms with E-state index in [0.29, 0.717) is 5.69 Å². The molecule has 1 aromatic carbocycles. The normalized spacial score (nSPS) is 17.4. The molecule has 20 heavy (non-hydrogen) atoms. The monoisotopic (exact) mass is 267 g/mol. The highest BCUT2D eigenvalue weighted by Gasteiger charge is 2.27. The lowest BCUT2D eigenvalue weighted by molar-refractivity contribution is 0.0708. The van der Waals surface area contributed by atoms with Crippen molar-refractivity contribution >= 4 is 5.91 Å². The van der Waals surface area contributed by atoms with Gasteiger partial charge in [-0.05, 0) is 30.4 Å². The minimum absolute atomic E-state index is 0.0696. The number of amides is 1. The van der Waals surface area contributed by atoms with Crippen molar-refractivity contribution in [2.75, 3.05) is 7.05 Å². The van der Waals surface area contributed by atoms with E-state index in [2.05, 4.69) is 28.2 Å². The Morgan fingerprint density at radius 3 is 2.95 bits per heavy atom. The fourth-order valence-corrected chi connectivity index (χ4v) is 2.86. The van der Waals surface area contributed by atoms with Crippen LogP contribution in [0.3, 0.4) is 0 Å². The number of carbonyl (C=O) groups excluding carboxylic acids is 1. The molecule has 1 amide bonds. The largest absolute Gasteiger partial charge is 0.333 e. The Hall–Kier alpha value is -2.23. The minimum atomic E-state index is -0.0696. The topological polar surface area (TPSA) is 46.1 Å². The van der Waals surface area contributed by atoms with Gasteiger partial charge in [0, 0.05) is 19.4 Å². The first-order chi connectivity index (χ1) is 9.77. The van der Waals surface area contributed by atoms with E-state index >= 15 is 0 Å². The molecular formula is C16H17N3O. The second-order valence-electron chi connectivity index (χ2n) is 5.11. The summed E-state index contributed by atoms with van der Waals surface area (Å²) in [6.45, 7) is 0. The first-order valence-electron chi connectivity index (χ1n) is 6.88. The van der Waals surface area contributed by atoms with E-state index in [0.717, 1.165) is 19.3 Å². The number of rotatable bonds is 2. The van der Waals surface area contributed by atoms with Crippen molar-refractivity contribution in [2.45, 2.75) is 25.3 Å². The van der Waals surface area contributed by atoms with Crippen LogP contribution in [0.1, 0.15) is 40.5 Å². The van der Waals surface area contributed by atoms with E-state index in [-0.39, 0.29) is 11.9 Å². The Balaban J connectivity index is 1.89. The van der Waals surface area contributed by atoms with E-state index in [9.17, 15) is 4.79 Å². The predicted octanol–water partition coefficient (Wildman–Crippen LogP) is 2.63. The van der Waals surface area contributed by atoms with Gasteiger partial charge in [0.2, 0.25) is 0 Å². The molecule has 4 nitrogen and oxygen atoms in total. The lowest BCUT2D eigenvalue weighted by Gasteiger charge is -2.33. The maximum Gasteiger partial charge on any atom is 0.274 e. The summed E-state index contributed by atoms with van der Waals surface area (Å²) in [6.07, 6.45) is 7.86. The zero-order valence-electron chi connectivity index (χ0n) is 11.5. The Kier molecular flexibility index (Phi) is 3.46. The van der Waals surface area contributed by atoms with Gasteiger partial charge in [0.05, 0.1) is 12.2 Å². The minimum Gasteiger partial charge on any atom is -0.333 e. The summed E-state index contributed by atoms with van der Waals surface area (Å²) in [5.74, 6) is -0.0696. The van der Waals surface area contributed by atoms with Crippen molar-refractivity contribution in [1.29, 1.82) is 0 Å². The molecule has 102 valence electrons. The maximum atomic E-state index is 12.5. The predicted molar refractivity (Wildman–Crippen MR) is 76.2 cm³/mol. The second kappa shape index (κ2) is 5.41. The highest BCUT2D eigenvalue weighted by atomic mass is 16.2. The number of benzene rings is 1. The molecule has 1 aliphatic rings. The van der Waals surface area contributed by atoms with Crippen LogP contribution in [0, 0.1) is 0 Å². The summed E-state index contributed by atoms with van der Waals surface area (Å²) in [4.78, 5) is 22.3. The highest BCUT2D eigenvalue weighted by Crippen LogP contribution is 2.33. The van der Waals surface area contributed by atoms with Gasteiger partial charge in [-0.3, -0.25) is 9.78 Å². The fraction of sp³-hybridized carbons (Fsp3) is 0.312. The van der Waals surface area contributed by atoms with Gasteiger partial charge in [0.15, 0.2) is 0 Å². The van der Waals surface area contributed by atoms with Crippen molar-refractivity contribution in [3.63, 3.8) is 0 Å². The standard InChI is InChI=1S/C16H17N3O/c1-19(16(20)14-11-17-9-10-18-14)15-8-4-6-12-5-2-3-7-13(12)15/h2-3,5,7,9-11,15H,4,6,8H2,1H3. The van der Waals surface area contributed by atoms with E-state index in [1.165, 1.54) is 17.3 Å². The van der Waals surface area contributed by atoms with Crippen molar-refractivity contribution in [2.24, 2.45) is 0 Å². The molecule has 0 fully saturated rings. The van der Waals surface area contributed by atoms with Gasteiger partial charge < -0.3 is 4.90 Å². The molecular weight excluding hydrogens is 250 g/mol. The summed E-state index contributed by atoms with van der Waals surface area (Å²) in [6, 6.07) is 8.51. The molecule has 1 aliphatic carbocycles. The molecule has 1 heterocycles. The Morgan fingerprint density at radius 2 is 2.15 bits per heavy atom. The van der Waals surface area contributed by atoms with Crippen molar-refractivity contribution in [1.82, 2.24) is 14.9 Å². The van der Waals surface area contributed by atoms with E-state index in [1.807, 2.05) is 13.1 Å². The van der Waals surface area contributed by atoms with E-state index in [1.54, 1.807) is 17.3 Å². The molecule has 0 aliphatic heterocycles. The van der Waals surface area contributed by atoms with Gasteiger partial charge in [0.25, 0.3) is 5.91 Å². The molecule has 0 N–H and O–H groups in total. The number of aryl methyl sites for hydroxylation is 1. The summed E-state index contributed by atoms with van der Waals surface area (Å²) >= 11 is 0.